The first-order valence-electron chi connectivity index (χ1n) is 6.42. The molecule has 0 spiro atoms. The van der Waals surface area contributed by atoms with Crippen molar-refractivity contribution >= 4 is 0 Å². The van der Waals surface area contributed by atoms with Crippen LogP contribution < -0.4 is 9.88 Å². The molecule has 0 unspecified atom stereocenters. The van der Waals surface area contributed by atoms with Gasteiger partial charge in [-0.3, -0.25) is 4.98 Å². The lowest BCUT2D eigenvalue weighted by Gasteiger charge is -2.03. The summed E-state index contributed by atoms with van der Waals surface area (Å²) in [6.45, 7) is 1.99. The minimum absolute atomic E-state index is 0.974. The number of pyridine rings is 2. The van der Waals surface area contributed by atoms with Gasteiger partial charge in [0.1, 0.15) is 0 Å². The van der Waals surface area contributed by atoms with Crippen molar-refractivity contribution in [3.63, 3.8) is 0 Å². The number of aryl methyl sites for hydroxylation is 2. The first kappa shape index (κ1) is 12.7. The third kappa shape index (κ3) is 3.64. The molecule has 2 heterocycles. The van der Waals surface area contributed by atoms with Gasteiger partial charge in [0, 0.05) is 43.4 Å². The van der Waals surface area contributed by atoms with Crippen LogP contribution >= 0.6 is 0 Å². The fraction of sp³-hybridized carbons (Fsp3) is 0.333. The van der Waals surface area contributed by atoms with E-state index in [4.69, 9.17) is 0 Å². The van der Waals surface area contributed by atoms with Crippen LogP contribution in [0.1, 0.15) is 11.4 Å². The van der Waals surface area contributed by atoms with Crippen molar-refractivity contribution in [3.05, 3.63) is 60.2 Å². The van der Waals surface area contributed by atoms with Gasteiger partial charge in [-0.2, -0.15) is 0 Å². The smallest absolute Gasteiger partial charge is 0.182 e. The monoisotopic (exact) mass is 242 g/mol. The summed E-state index contributed by atoms with van der Waals surface area (Å²) < 4.78 is 2.31. The van der Waals surface area contributed by atoms with Gasteiger partial charge in [-0.25, -0.2) is 4.57 Å². The van der Waals surface area contributed by atoms with Crippen LogP contribution in [0.15, 0.2) is 48.8 Å². The van der Waals surface area contributed by atoms with Crippen molar-refractivity contribution in [1.29, 1.82) is 0 Å². The number of rotatable bonds is 6. The van der Waals surface area contributed by atoms with Gasteiger partial charge >= 0.3 is 0 Å². The van der Waals surface area contributed by atoms with E-state index in [0.717, 1.165) is 31.6 Å². The van der Waals surface area contributed by atoms with Gasteiger partial charge in [0.15, 0.2) is 18.4 Å². The summed E-state index contributed by atoms with van der Waals surface area (Å²) in [4.78, 5) is 4.36. The Morgan fingerprint density at radius 3 is 2.78 bits per heavy atom. The van der Waals surface area contributed by atoms with E-state index in [2.05, 4.69) is 45.3 Å². The zero-order chi connectivity index (χ0) is 12.6. The molecule has 0 aliphatic carbocycles. The van der Waals surface area contributed by atoms with Crippen molar-refractivity contribution < 1.29 is 4.57 Å². The molecule has 0 radical (unpaired) electrons. The van der Waals surface area contributed by atoms with Crippen LogP contribution in [0.4, 0.5) is 0 Å². The fourth-order valence-corrected chi connectivity index (χ4v) is 1.99. The van der Waals surface area contributed by atoms with Crippen molar-refractivity contribution in [2.24, 2.45) is 0 Å². The molecule has 0 atom stereocenters. The molecule has 0 saturated carbocycles. The molecule has 0 aliphatic heterocycles. The molecular formula is C15H20N3+. The highest BCUT2D eigenvalue weighted by molar-refractivity contribution is 5.03. The molecular weight excluding hydrogens is 222 g/mol. The first-order valence-corrected chi connectivity index (χ1v) is 6.42. The fourth-order valence-electron chi connectivity index (χ4n) is 1.99. The van der Waals surface area contributed by atoms with Crippen LogP contribution in [-0.2, 0) is 19.4 Å². The minimum Gasteiger partial charge on any atom is -0.319 e. The van der Waals surface area contributed by atoms with Crippen LogP contribution in [0.3, 0.4) is 0 Å². The van der Waals surface area contributed by atoms with Gasteiger partial charge in [-0.1, -0.05) is 12.1 Å². The van der Waals surface area contributed by atoms with E-state index in [1.807, 2.05) is 25.4 Å². The van der Waals surface area contributed by atoms with Gasteiger partial charge in [0.05, 0.1) is 0 Å². The molecule has 0 amide bonds. The second-order valence-electron chi connectivity index (χ2n) is 4.31. The third-order valence-corrected chi connectivity index (χ3v) is 3.00. The van der Waals surface area contributed by atoms with Gasteiger partial charge in [0.25, 0.3) is 0 Å². The zero-order valence-corrected chi connectivity index (χ0v) is 10.8. The standard InChI is InChI=1S/C15H20N3/c1-16-11-8-15-7-3-5-12-18(15)13-9-14-6-2-4-10-17-14/h2-7,10,12,16H,8-9,11,13H2,1H3/q+1. The summed E-state index contributed by atoms with van der Waals surface area (Å²) >= 11 is 0. The molecule has 2 aromatic heterocycles. The Labute approximate surface area is 109 Å². The lowest BCUT2D eigenvalue weighted by Crippen LogP contribution is -2.40. The SMILES string of the molecule is CNCCc1cccc[n+]1CCc1ccccn1. The van der Waals surface area contributed by atoms with E-state index in [1.54, 1.807) is 0 Å². The lowest BCUT2D eigenvalue weighted by molar-refractivity contribution is -0.703. The normalized spacial score (nSPS) is 10.5. The van der Waals surface area contributed by atoms with E-state index in [1.165, 1.54) is 5.69 Å². The van der Waals surface area contributed by atoms with Crippen LogP contribution in [-0.4, -0.2) is 18.6 Å². The Morgan fingerprint density at radius 2 is 2.00 bits per heavy atom. The molecule has 0 aliphatic rings. The zero-order valence-electron chi connectivity index (χ0n) is 10.8. The maximum Gasteiger partial charge on any atom is 0.182 e. The Hall–Kier alpha value is -1.74. The van der Waals surface area contributed by atoms with Crippen molar-refractivity contribution in [1.82, 2.24) is 10.3 Å². The largest absolute Gasteiger partial charge is 0.319 e. The number of nitrogens with one attached hydrogen (secondary N) is 1. The molecule has 0 bridgehead atoms. The summed E-state index contributed by atoms with van der Waals surface area (Å²) in [5, 5.41) is 3.19. The predicted octanol–water partition coefficient (Wildman–Crippen LogP) is 1.37. The van der Waals surface area contributed by atoms with E-state index in [-0.39, 0.29) is 0 Å². The van der Waals surface area contributed by atoms with Crippen molar-refractivity contribution in [2.45, 2.75) is 19.4 Å². The second kappa shape index (κ2) is 6.87. The Balaban J connectivity index is 2.00. The molecule has 94 valence electrons. The minimum atomic E-state index is 0.974. The number of nitrogens with zero attached hydrogens (tertiary/aromatic N) is 2. The average molecular weight is 242 g/mol. The van der Waals surface area contributed by atoms with E-state index in [9.17, 15) is 0 Å². The molecule has 0 aromatic carbocycles. The number of likely N-dealkylation sites (N-methyl/N-ethyl adjacent to an activating group) is 1. The summed E-state index contributed by atoms with van der Waals surface area (Å²) in [6.07, 6.45) is 6.03. The number of hydrogen-bond acceptors (Lipinski definition) is 2. The first-order chi connectivity index (χ1) is 8.90. The summed E-state index contributed by atoms with van der Waals surface area (Å²) in [7, 11) is 1.99. The highest BCUT2D eigenvalue weighted by Crippen LogP contribution is 1.97. The summed E-state index contributed by atoms with van der Waals surface area (Å²) in [5.41, 5.74) is 2.51. The Bertz CT molecular complexity index is 468. The second-order valence-corrected chi connectivity index (χ2v) is 4.31. The number of aromatic nitrogens is 2. The molecule has 2 aromatic rings. The highest BCUT2D eigenvalue weighted by atomic mass is 15.0. The van der Waals surface area contributed by atoms with Gasteiger partial charge in [0.2, 0.25) is 0 Å². The third-order valence-electron chi connectivity index (χ3n) is 3.00. The number of hydrogen-bond donors (Lipinski definition) is 1. The summed E-state index contributed by atoms with van der Waals surface area (Å²) in [5.74, 6) is 0. The maximum absolute atomic E-state index is 4.36. The van der Waals surface area contributed by atoms with Gasteiger partial charge in [-0.05, 0) is 19.2 Å². The van der Waals surface area contributed by atoms with Crippen LogP contribution in [0.25, 0.3) is 0 Å². The van der Waals surface area contributed by atoms with Gasteiger partial charge in [-0.15, -0.1) is 0 Å². The Morgan fingerprint density at radius 1 is 1.11 bits per heavy atom. The molecule has 0 saturated heterocycles. The Kier molecular flexibility index (Phi) is 4.85. The molecule has 1 N–H and O–H groups in total. The van der Waals surface area contributed by atoms with E-state index < -0.39 is 0 Å². The molecule has 2 rings (SSSR count). The highest BCUT2D eigenvalue weighted by Gasteiger charge is 2.09. The van der Waals surface area contributed by atoms with Crippen molar-refractivity contribution in [2.75, 3.05) is 13.6 Å². The molecule has 3 nitrogen and oxygen atoms in total. The van der Waals surface area contributed by atoms with Crippen LogP contribution in [0.2, 0.25) is 0 Å². The van der Waals surface area contributed by atoms with E-state index >= 15 is 0 Å². The topological polar surface area (TPSA) is 28.8 Å². The molecule has 18 heavy (non-hydrogen) atoms. The lowest BCUT2D eigenvalue weighted by atomic mass is 10.2. The average Bonchev–Trinajstić information content (AvgIpc) is 2.45. The van der Waals surface area contributed by atoms with Crippen LogP contribution in [0.5, 0.6) is 0 Å². The maximum atomic E-state index is 4.36. The quantitative estimate of drug-likeness (QED) is 0.775. The predicted molar refractivity (Wildman–Crippen MR) is 72.2 cm³/mol. The van der Waals surface area contributed by atoms with Crippen molar-refractivity contribution in [3.8, 4) is 0 Å². The van der Waals surface area contributed by atoms with Crippen LogP contribution in [0, 0.1) is 0 Å². The van der Waals surface area contributed by atoms with Gasteiger partial charge < -0.3 is 5.32 Å². The summed E-state index contributed by atoms with van der Waals surface area (Å²) in [6, 6.07) is 12.5. The molecule has 0 fully saturated rings. The molecule has 3 heteroatoms. The van der Waals surface area contributed by atoms with E-state index in [0.29, 0.717) is 0 Å².